The Bertz CT molecular complexity index is 445. The molecule has 1 rings (SSSR count). The summed E-state index contributed by atoms with van der Waals surface area (Å²) in [6, 6.07) is 1.66. The van der Waals surface area contributed by atoms with E-state index in [0.717, 1.165) is 0 Å². The first-order valence-electron chi connectivity index (χ1n) is 6.64. The summed E-state index contributed by atoms with van der Waals surface area (Å²) >= 11 is 6.02. The Morgan fingerprint density at radius 2 is 1.95 bits per heavy atom. The molecule has 1 unspecified atom stereocenters. The minimum Gasteiger partial charge on any atom is -0.388 e. The van der Waals surface area contributed by atoms with Crippen molar-refractivity contribution in [2.75, 3.05) is 25.6 Å². The monoisotopic (exact) mass is 301 g/mol. The van der Waals surface area contributed by atoms with Crippen LogP contribution in [0.15, 0.2) is 6.07 Å². The molecule has 6 heteroatoms. The van der Waals surface area contributed by atoms with Gasteiger partial charge >= 0.3 is 0 Å². The average Bonchev–Trinajstić information content (AvgIpc) is 2.32. The molecule has 1 atom stereocenters. The third-order valence-electron chi connectivity index (χ3n) is 2.86. The molecule has 0 aliphatic rings. The lowest BCUT2D eigenvalue weighted by Gasteiger charge is -2.24. The van der Waals surface area contributed by atoms with Crippen molar-refractivity contribution in [1.29, 1.82) is 0 Å². The van der Waals surface area contributed by atoms with E-state index in [1.54, 1.807) is 20.1 Å². The van der Waals surface area contributed by atoms with E-state index in [1.807, 2.05) is 20.8 Å². The summed E-state index contributed by atoms with van der Waals surface area (Å²) in [6.45, 7) is 8.71. The van der Waals surface area contributed by atoms with Gasteiger partial charge in [-0.1, -0.05) is 32.4 Å². The van der Waals surface area contributed by atoms with Gasteiger partial charge in [0.1, 0.15) is 16.8 Å². The third-order valence-corrected chi connectivity index (χ3v) is 3.05. The van der Waals surface area contributed by atoms with Gasteiger partial charge in [0.15, 0.2) is 0 Å². The van der Waals surface area contributed by atoms with Crippen LogP contribution in [0.3, 0.4) is 0 Å². The highest BCUT2D eigenvalue weighted by Crippen LogP contribution is 2.22. The van der Waals surface area contributed by atoms with Crippen molar-refractivity contribution in [3.8, 4) is 0 Å². The second-order valence-corrected chi connectivity index (χ2v) is 6.63. The minimum atomic E-state index is -0.866. The molecule has 0 aliphatic carbocycles. The van der Waals surface area contributed by atoms with Crippen LogP contribution in [0.25, 0.3) is 0 Å². The van der Waals surface area contributed by atoms with Crippen LogP contribution in [0, 0.1) is 0 Å². The molecule has 0 aliphatic heterocycles. The number of nitrogens with zero attached hydrogens (tertiary/aromatic N) is 2. The van der Waals surface area contributed by atoms with Crippen LogP contribution >= 0.6 is 11.6 Å². The van der Waals surface area contributed by atoms with E-state index in [4.69, 9.17) is 16.3 Å². The largest absolute Gasteiger partial charge is 0.388 e. The third kappa shape index (κ3) is 5.61. The predicted octanol–water partition coefficient (Wildman–Crippen LogP) is 2.63. The van der Waals surface area contributed by atoms with Crippen molar-refractivity contribution in [2.45, 2.75) is 45.1 Å². The molecule has 114 valence electrons. The number of methoxy groups -OCH3 is 1. The molecule has 5 nitrogen and oxygen atoms in total. The molecule has 0 amide bonds. The Balaban J connectivity index is 2.76. The molecular formula is C14H24ClN3O2. The Hall–Kier alpha value is -0.910. The smallest absolute Gasteiger partial charge is 0.137 e. The first-order valence-corrected chi connectivity index (χ1v) is 7.02. The number of aromatic nitrogens is 2. The van der Waals surface area contributed by atoms with E-state index in [0.29, 0.717) is 36.4 Å². The lowest BCUT2D eigenvalue weighted by Crippen LogP contribution is -2.35. The quantitative estimate of drug-likeness (QED) is 0.791. The highest BCUT2D eigenvalue weighted by atomic mass is 35.5. The molecule has 2 N–H and O–H groups in total. The summed E-state index contributed by atoms with van der Waals surface area (Å²) in [4.78, 5) is 8.67. The summed E-state index contributed by atoms with van der Waals surface area (Å²) < 4.78 is 4.98. The fourth-order valence-corrected chi connectivity index (χ4v) is 1.72. The summed E-state index contributed by atoms with van der Waals surface area (Å²) in [5.41, 5.74) is -1.05. The number of aliphatic hydroxyl groups is 1. The van der Waals surface area contributed by atoms with Crippen LogP contribution in [0.2, 0.25) is 5.15 Å². The van der Waals surface area contributed by atoms with E-state index in [9.17, 15) is 5.11 Å². The second-order valence-electron chi connectivity index (χ2n) is 6.24. The van der Waals surface area contributed by atoms with E-state index >= 15 is 0 Å². The number of rotatable bonds is 6. The van der Waals surface area contributed by atoms with Crippen LogP contribution < -0.4 is 5.32 Å². The van der Waals surface area contributed by atoms with Crippen molar-refractivity contribution in [3.63, 3.8) is 0 Å². The van der Waals surface area contributed by atoms with Crippen molar-refractivity contribution < 1.29 is 9.84 Å². The number of anilines is 1. The summed E-state index contributed by atoms with van der Waals surface area (Å²) in [6.07, 6.45) is 0.543. The number of halogens is 1. The van der Waals surface area contributed by atoms with Crippen molar-refractivity contribution >= 4 is 17.4 Å². The van der Waals surface area contributed by atoms with E-state index in [-0.39, 0.29) is 5.41 Å². The van der Waals surface area contributed by atoms with Gasteiger partial charge in [-0.05, 0) is 6.92 Å². The first-order chi connectivity index (χ1) is 9.14. The van der Waals surface area contributed by atoms with Gasteiger partial charge in [-0.25, -0.2) is 9.97 Å². The molecule has 0 aromatic carbocycles. The molecule has 0 fully saturated rings. The maximum Gasteiger partial charge on any atom is 0.137 e. The molecule has 1 aromatic rings. The topological polar surface area (TPSA) is 67.3 Å². The van der Waals surface area contributed by atoms with Crippen molar-refractivity contribution in [3.05, 3.63) is 17.0 Å². The van der Waals surface area contributed by atoms with Gasteiger partial charge in [-0.15, -0.1) is 0 Å². The Kier molecular flexibility index (Phi) is 5.74. The first kappa shape index (κ1) is 17.1. The maximum absolute atomic E-state index is 10.2. The van der Waals surface area contributed by atoms with Gasteiger partial charge in [-0.3, -0.25) is 0 Å². The van der Waals surface area contributed by atoms with Crippen LogP contribution in [-0.4, -0.2) is 40.9 Å². The highest BCUT2D eigenvalue weighted by molar-refractivity contribution is 6.29. The molecule has 0 radical (unpaired) electrons. The predicted molar refractivity (Wildman–Crippen MR) is 81.3 cm³/mol. The molecule has 1 aromatic heterocycles. The van der Waals surface area contributed by atoms with E-state index in [2.05, 4.69) is 15.3 Å². The minimum absolute atomic E-state index is 0.181. The SMILES string of the molecule is COCCC(C)(O)CNc1cc(Cl)nc(C(C)(C)C)n1. The lowest BCUT2D eigenvalue weighted by molar-refractivity contribution is 0.0357. The molecule has 1 heterocycles. The van der Waals surface area contributed by atoms with Gasteiger partial charge in [0, 0.05) is 38.2 Å². The average molecular weight is 302 g/mol. The normalized spacial score (nSPS) is 14.9. The fraction of sp³-hybridized carbons (Fsp3) is 0.714. The van der Waals surface area contributed by atoms with E-state index < -0.39 is 5.60 Å². The maximum atomic E-state index is 10.2. The van der Waals surface area contributed by atoms with Gasteiger partial charge in [-0.2, -0.15) is 0 Å². The van der Waals surface area contributed by atoms with E-state index in [1.165, 1.54) is 0 Å². The number of hydrogen-bond donors (Lipinski definition) is 2. The summed E-state index contributed by atoms with van der Waals surface area (Å²) in [5, 5.41) is 13.7. The van der Waals surface area contributed by atoms with Crippen LogP contribution in [0.4, 0.5) is 5.82 Å². The molecule has 0 saturated heterocycles. The summed E-state index contributed by atoms with van der Waals surface area (Å²) in [7, 11) is 1.61. The highest BCUT2D eigenvalue weighted by Gasteiger charge is 2.22. The number of ether oxygens (including phenoxy) is 1. The Morgan fingerprint density at radius 3 is 2.50 bits per heavy atom. The zero-order valence-electron chi connectivity index (χ0n) is 12.8. The van der Waals surface area contributed by atoms with Gasteiger partial charge < -0.3 is 15.2 Å². The second kappa shape index (κ2) is 6.70. The van der Waals surface area contributed by atoms with Crippen molar-refractivity contribution in [1.82, 2.24) is 9.97 Å². The van der Waals surface area contributed by atoms with Crippen molar-refractivity contribution in [2.24, 2.45) is 0 Å². The summed E-state index contributed by atoms with van der Waals surface area (Å²) in [5.74, 6) is 1.29. The van der Waals surface area contributed by atoms with Crippen LogP contribution in [0.1, 0.15) is 39.9 Å². The van der Waals surface area contributed by atoms with Gasteiger partial charge in [0.25, 0.3) is 0 Å². The zero-order chi connectivity index (χ0) is 15.4. The Morgan fingerprint density at radius 1 is 1.30 bits per heavy atom. The lowest BCUT2D eigenvalue weighted by atomic mass is 9.96. The Labute approximate surface area is 125 Å². The molecule has 0 saturated carbocycles. The van der Waals surface area contributed by atoms with Crippen LogP contribution in [-0.2, 0) is 10.2 Å². The molecular weight excluding hydrogens is 278 g/mol. The van der Waals surface area contributed by atoms with Gasteiger partial charge in [0.05, 0.1) is 5.60 Å². The zero-order valence-corrected chi connectivity index (χ0v) is 13.6. The fourth-order valence-electron chi connectivity index (χ4n) is 1.53. The van der Waals surface area contributed by atoms with Gasteiger partial charge in [0.2, 0.25) is 0 Å². The molecule has 20 heavy (non-hydrogen) atoms. The number of nitrogens with one attached hydrogen (secondary N) is 1. The number of hydrogen-bond acceptors (Lipinski definition) is 5. The molecule has 0 spiro atoms. The van der Waals surface area contributed by atoms with Crippen LogP contribution in [0.5, 0.6) is 0 Å². The standard InChI is InChI=1S/C14H24ClN3O2/c1-13(2,3)12-17-10(15)8-11(18-12)16-9-14(4,19)6-7-20-5/h8,19H,6-7,9H2,1-5H3,(H,16,17,18). The molecule has 0 bridgehead atoms.